The number of hydrogen-bond acceptors (Lipinski definition) is 5. The number of fused-ring (bicyclic) bond motifs is 1. The van der Waals surface area contributed by atoms with Gasteiger partial charge in [-0.05, 0) is 61.0 Å². The van der Waals surface area contributed by atoms with Crippen molar-refractivity contribution in [2.75, 3.05) is 6.61 Å². The number of amides is 1. The van der Waals surface area contributed by atoms with Crippen LogP contribution in [0, 0.1) is 6.92 Å². The van der Waals surface area contributed by atoms with Gasteiger partial charge in [-0.1, -0.05) is 23.2 Å². The number of benzene rings is 2. The first-order valence-electron chi connectivity index (χ1n) is 9.37. The average molecular weight is 458 g/mol. The largest absolute Gasteiger partial charge is 0.476 e. The van der Waals surface area contributed by atoms with Crippen LogP contribution in [-0.2, 0) is 11.3 Å². The second-order valence-electron chi connectivity index (χ2n) is 6.84. The molecule has 0 aliphatic rings. The number of rotatable bonds is 6. The van der Waals surface area contributed by atoms with Crippen LogP contribution in [0.1, 0.15) is 11.3 Å². The summed E-state index contributed by atoms with van der Waals surface area (Å²) in [5.74, 6) is 0.308. The highest BCUT2D eigenvalue weighted by atomic mass is 35.5. The summed E-state index contributed by atoms with van der Waals surface area (Å²) in [6.07, 6.45) is 1.52. The van der Waals surface area contributed by atoms with Gasteiger partial charge >= 0.3 is 0 Å². The van der Waals surface area contributed by atoms with Crippen molar-refractivity contribution in [1.82, 2.24) is 5.32 Å². The monoisotopic (exact) mass is 457 g/mol. The fourth-order valence-electron chi connectivity index (χ4n) is 3.01. The van der Waals surface area contributed by atoms with E-state index >= 15 is 0 Å². The van der Waals surface area contributed by atoms with E-state index in [2.05, 4.69) is 5.32 Å². The van der Waals surface area contributed by atoms with Gasteiger partial charge in [0.15, 0.2) is 12.4 Å². The molecule has 0 fully saturated rings. The van der Waals surface area contributed by atoms with Crippen LogP contribution < -0.4 is 15.5 Å². The summed E-state index contributed by atoms with van der Waals surface area (Å²) in [7, 11) is 0. The topological polar surface area (TPSA) is 81.7 Å². The van der Waals surface area contributed by atoms with Crippen LogP contribution in [0.5, 0.6) is 5.75 Å². The molecule has 0 aliphatic heterocycles. The molecule has 158 valence electrons. The van der Waals surface area contributed by atoms with Gasteiger partial charge < -0.3 is 18.9 Å². The highest BCUT2D eigenvalue weighted by molar-refractivity contribution is 6.32. The number of halogens is 2. The zero-order valence-electron chi connectivity index (χ0n) is 16.4. The summed E-state index contributed by atoms with van der Waals surface area (Å²) in [6.45, 7) is 1.65. The summed E-state index contributed by atoms with van der Waals surface area (Å²) < 4.78 is 16.8. The Hall–Kier alpha value is -3.22. The minimum atomic E-state index is -0.424. The maximum absolute atomic E-state index is 13.2. The van der Waals surface area contributed by atoms with Gasteiger partial charge in [-0.3, -0.25) is 9.59 Å². The normalized spacial score (nSPS) is 10.9. The van der Waals surface area contributed by atoms with E-state index < -0.39 is 11.3 Å². The third-order valence-electron chi connectivity index (χ3n) is 4.62. The molecular weight excluding hydrogens is 441 g/mol. The molecule has 1 amide bonds. The lowest BCUT2D eigenvalue weighted by molar-refractivity contribution is -0.123. The van der Waals surface area contributed by atoms with Gasteiger partial charge in [-0.15, -0.1) is 0 Å². The van der Waals surface area contributed by atoms with E-state index in [9.17, 15) is 9.59 Å². The summed E-state index contributed by atoms with van der Waals surface area (Å²) in [5, 5.41) is 3.90. The molecule has 8 heteroatoms. The Labute approximate surface area is 187 Å². The van der Waals surface area contributed by atoms with Crippen molar-refractivity contribution in [3.63, 3.8) is 0 Å². The Morgan fingerprint density at radius 2 is 1.90 bits per heavy atom. The summed E-state index contributed by atoms with van der Waals surface area (Å²) >= 11 is 12.2. The van der Waals surface area contributed by atoms with Crippen LogP contribution in [0.15, 0.2) is 68.4 Å². The fraction of sp³-hybridized carbons (Fsp3) is 0.130. The van der Waals surface area contributed by atoms with Gasteiger partial charge in [0, 0.05) is 15.6 Å². The lowest BCUT2D eigenvalue weighted by atomic mass is 10.1. The minimum Gasteiger partial charge on any atom is -0.476 e. The van der Waals surface area contributed by atoms with E-state index in [0.717, 1.165) is 5.56 Å². The molecular formula is C23H17Cl2NO5. The van der Waals surface area contributed by atoms with Gasteiger partial charge in [-0.2, -0.15) is 0 Å². The van der Waals surface area contributed by atoms with Crippen molar-refractivity contribution in [2.24, 2.45) is 0 Å². The SMILES string of the molecule is Cc1cc2oc(-c3ccc(Cl)cc3)c(OCC(=O)NCc3ccco3)c(=O)c2cc1Cl. The molecule has 2 heterocycles. The molecule has 0 atom stereocenters. The number of aryl methyl sites for hydroxylation is 1. The lowest BCUT2D eigenvalue weighted by Gasteiger charge is -2.12. The van der Waals surface area contributed by atoms with Gasteiger partial charge in [0.2, 0.25) is 11.2 Å². The Kier molecular flexibility index (Phi) is 6.02. The van der Waals surface area contributed by atoms with E-state index in [1.54, 1.807) is 42.5 Å². The molecule has 0 spiro atoms. The standard InChI is InChI=1S/C23H17Cl2NO5/c1-13-9-19-17(10-18(13)25)21(28)23(22(31-19)14-4-6-15(24)7-5-14)30-12-20(27)26-11-16-3-2-8-29-16/h2-10H,11-12H2,1H3,(H,26,27). The molecule has 4 aromatic rings. The van der Waals surface area contributed by atoms with Crippen LogP contribution >= 0.6 is 23.2 Å². The molecule has 0 saturated carbocycles. The molecule has 0 saturated heterocycles. The van der Waals surface area contributed by atoms with E-state index in [-0.39, 0.29) is 30.0 Å². The van der Waals surface area contributed by atoms with Crippen LogP contribution in [0.25, 0.3) is 22.3 Å². The van der Waals surface area contributed by atoms with Crippen LogP contribution in [0.3, 0.4) is 0 Å². The first-order chi connectivity index (χ1) is 14.9. The van der Waals surface area contributed by atoms with Crippen LogP contribution in [0.4, 0.5) is 0 Å². The predicted octanol–water partition coefficient (Wildman–Crippen LogP) is 5.36. The number of nitrogens with one attached hydrogen (secondary N) is 1. The quantitative estimate of drug-likeness (QED) is 0.421. The Balaban J connectivity index is 1.69. The second kappa shape index (κ2) is 8.88. The summed E-state index contributed by atoms with van der Waals surface area (Å²) in [6, 6.07) is 13.5. The highest BCUT2D eigenvalue weighted by Crippen LogP contribution is 2.33. The number of ether oxygens (including phenoxy) is 1. The second-order valence-corrected chi connectivity index (χ2v) is 7.68. The van der Waals surface area contributed by atoms with Gasteiger partial charge in [0.25, 0.3) is 5.91 Å². The number of carbonyl (C=O) groups is 1. The van der Waals surface area contributed by atoms with Crippen molar-refractivity contribution < 1.29 is 18.4 Å². The fourth-order valence-corrected chi connectivity index (χ4v) is 3.30. The average Bonchev–Trinajstić information content (AvgIpc) is 3.27. The molecule has 2 aromatic carbocycles. The van der Waals surface area contributed by atoms with E-state index in [4.69, 9.17) is 36.8 Å². The Morgan fingerprint density at radius 1 is 1.13 bits per heavy atom. The van der Waals surface area contributed by atoms with Crippen molar-refractivity contribution in [3.05, 3.63) is 86.4 Å². The number of hydrogen-bond donors (Lipinski definition) is 1. The first kappa shape index (κ1) is 21.0. The van der Waals surface area contributed by atoms with Crippen LogP contribution in [-0.4, -0.2) is 12.5 Å². The minimum absolute atomic E-state index is 0.0807. The van der Waals surface area contributed by atoms with Crippen molar-refractivity contribution in [3.8, 4) is 17.1 Å². The smallest absolute Gasteiger partial charge is 0.258 e. The molecule has 31 heavy (non-hydrogen) atoms. The van der Waals surface area contributed by atoms with Gasteiger partial charge in [0.05, 0.1) is 18.2 Å². The molecule has 0 radical (unpaired) electrons. The zero-order valence-corrected chi connectivity index (χ0v) is 17.9. The molecule has 4 rings (SSSR count). The molecule has 6 nitrogen and oxygen atoms in total. The van der Waals surface area contributed by atoms with E-state index in [1.807, 2.05) is 6.92 Å². The third kappa shape index (κ3) is 4.60. The maximum Gasteiger partial charge on any atom is 0.258 e. The highest BCUT2D eigenvalue weighted by Gasteiger charge is 2.20. The van der Waals surface area contributed by atoms with Crippen molar-refractivity contribution >= 4 is 40.1 Å². The Bertz CT molecular complexity index is 1290. The third-order valence-corrected chi connectivity index (χ3v) is 5.28. The van der Waals surface area contributed by atoms with E-state index in [0.29, 0.717) is 27.0 Å². The predicted molar refractivity (Wildman–Crippen MR) is 119 cm³/mol. The van der Waals surface area contributed by atoms with Gasteiger partial charge in [0.1, 0.15) is 11.3 Å². The molecule has 0 unspecified atom stereocenters. The summed E-state index contributed by atoms with van der Waals surface area (Å²) in [4.78, 5) is 25.4. The van der Waals surface area contributed by atoms with Crippen molar-refractivity contribution in [2.45, 2.75) is 13.5 Å². The van der Waals surface area contributed by atoms with Crippen LogP contribution in [0.2, 0.25) is 10.0 Å². The van der Waals surface area contributed by atoms with E-state index in [1.165, 1.54) is 12.3 Å². The number of carbonyl (C=O) groups excluding carboxylic acids is 1. The molecule has 0 aliphatic carbocycles. The summed E-state index contributed by atoms with van der Waals surface area (Å²) in [5.41, 5.74) is 1.30. The zero-order chi connectivity index (χ0) is 22.0. The number of furan rings is 1. The molecule has 0 bridgehead atoms. The van der Waals surface area contributed by atoms with Gasteiger partial charge in [-0.25, -0.2) is 0 Å². The lowest BCUT2D eigenvalue weighted by Crippen LogP contribution is -2.29. The first-order valence-corrected chi connectivity index (χ1v) is 10.1. The molecule has 2 aromatic heterocycles. The maximum atomic E-state index is 13.2. The Morgan fingerprint density at radius 3 is 2.61 bits per heavy atom. The van der Waals surface area contributed by atoms with Crippen molar-refractivity contribution in [1.29, 1.82) is 0 Å². The molecule has 1 N–H and O–H groups in total.